The number of furan rings is 1. The minimum absolute atomic E-state index is 0.109. The van der Waals surface area contributed by atoms with Crippen molar-refractivity contribution in [3.63, 3.8) is 0 Å². The second-order valence-corrected chi connectivity index (χ2v) is 8.21. The number of hydrogen-bond donors (Lipinski definition) is 1. The molecule has 1 saturated heterocycles. The third-order valence-electron chi connectivity index (χ3n) is 6.22. The summed E-state index contributed by atoms with van der Waals surface area (Å²) in [5, 5.41) is 5.35. The molecule has 4 aromatic rings. The van der Waals surface area contributed by atoms with Gasteiger partial charge in [0.25, 0.3) is 0 Å². The summed E-state index contributed by atoms with van der Waals surface area (Å²) in [7, 11) is 1.42. The maximum atomic E-state index is 14.2. The fraction of sp³-hybridized carbons (Fsp3) is 0.292. The zero-order valence-electron chi connectivity index (χ0n) is 18.4. The first-order chi connectivity index (χ1) is 15.9. The third kappa shape index (κ3) is 3.79. The number of hydrogen-bond acceptors (Lipinski definition) is 6. The summed E-state index contributed by atoms with van der Waals surface area (Å²) in [5.41, 5.74) is 8.81. The maximum absolute atomic E-state index is 14.2. The molecule has 1 aliphatic rings. The van der Waals surface area contributed by atoms with Crippen molar-refractivity contribution in [2.24, 2.45) is 0 Å². The van der Waals surface area contributed by atoms with Gasteiger partial charge < -0.3 is 19.8 Å². The predicted molar refractivity (Wildman–Crippen MR) is 122 cm³/mol. The van der Waals surface area contributed by atoms with Crippen LogP contribution in [0.5, 0.6) is 5.75 Å². The van der Waals surface area contributed by atoms with Gasteiger partial charge in [0.05, 0.1) is 19.3 Å². The van der Waals surface area contributed by atoms with Gasteiger partial charge in [0.1, 0.15) is 5.76 Å². The highest BCUT2D eigenvalue weighted by Gasteiger charge is 2.23. The topological polar surface area (TPSA) is 99.4 Å². The van der Waals surface area contributed by atoms with Gasteiger partial charge in [0.15, 0.2) is 23.0 Å². The molecule has 0 bridgehead atoms. The van der Waals surface area contributed by atoms with E-state index in [1.165, 1.54) is 13.2 Å². The molecule has 1 amide bonds. The number of nitrogens with zero attached hydrogens (tertiary/aromatic N) is 4. The number of anilines is 1. The average molecular weight is 449 g/mol. The summed E-state index contributed by atoms with van der Waals surface area (Å²) >= 11 is 0. The van der Waals surface area contributed by atoms with E-state index < -0.39 is 5.82 Å². The summed E-state index contributed by atoms with van der Waals surface area (Å²) in [6.45, 7) is 3.06. The highest BCUT2D eigenvalue weighted by atomic mass is 19.1. The largest absolute Gasteiger partial charge is 0.494 e. The summed E-state index contributed by atoms with van der Waals surface area (Å²) in [6.07, 6.45) is 7.19. The summed E-state index contributed by atoms with van der Waals surface area (Å²) in [4.78, 5) is 17.7. The van der Waals surface area contributed by atoms with Crippen LogP contribution in [-0.2, 0) is 4.79 Å². The van der Waals surface area contributed by atoms with Crippen molar-refractivity contribution in [2.75, 3.05) is 25.9 Å². The standard InChI is InChI=1S/C24H24FN5O3/c1-14(31)29-7-5-17(6-8-29)30-13-16(11-28-30)19-12-27-24(26)23-18(19)10-22(33-23)15-3-4-21(32-2)20(25)9-15/h3-4,9-13,17H,5-8H2,1-2H3,(H2,26,27). The second kappa shape index (κ2) is 8.23. The lowest BCUT2D eigenvalue weighted by Crippen LogP contribution is -2.37. The molecule has 8 nitrogen and oxygen atoms in total. The Morgan fingerprint density at radius 2 is 2.00 bits per heavy atom. The van der Waals surface area contributed by atoms with Gasteiger partial charge in [-0.3, -0.25) is 9.48 Å². The number of rotatable bonds is 4. The van der Waals surface area contributed by atoms with E-state index in [2.05, 4.69) is 10.1 Å². The minimum Gasteiger partial charge on any atom is -0.494 e. The van der Waals surface area contributed by atoms with Gasteiger partial charge in [-0.15, -0.1) is 0 Å². The van der Waals surface area contributed by atoms with E-state index in [9.17, 15) is 9.18 Å². The van der Waals surface area contributed by atoms with Gasteiger partial charge in [0, 0.05) is 54.5 Å². The lowest BCUT2D eigenvalue weighted by Gasteiger charge is -2.31. The molecule has 33 heavy (non-hydrogen) atoms. The Kier molecular flexibility index (Phi) is 5.24. The van der Waals surface area contributed by atoms with E-state index in [4.69, 9.17) is 14.9 Å². The van der Waals surface area contributed by atoms with Crippen LogP contribution in [0.1, 0.15) is 25.8 Å². The minimum atomic E-state index is -0.473. The fourth-order valence-electron chi connectivity index (χ4n) is 4.36. The Morgan fingerprint density at radius 3 is 2.70 bits per heavy atom. The number of halogens is 1. The van der Waals surface area contributed by atoms with E-state index >= 15 is 0 Å². The van der Waals surface area contributed by atoms with Crippen molar-refractivity contribution in [3.05, 3.63) is 48.7 Å². The Morgan fingerprint density at radius 1 is 1.21 bits per heavy atom. The Labute approximate surface area is 189 Å². The van der Waals surface area contributed by atoms with Gasteiger partial charge in [-0.05, 0) is 37.1 Å². The zero-order valence-corrected chi connectivity index (χ0v) is 18.4. The van der Waals surface area contributed by atoms with Crippen LogP contribution < -0.4 is 10.5 Å². The highest BCUT2D eigenvalue weighted by molar-refractivity contribution is 6.00. The molecule has 0 spiro atoms. The van der Waals surface area contributed by atoms with E-state index in [1.54, 1.807) is 31.5 Å². The molecule has 9 heteroatoms. The van der Waals surface area contributed by atoms with Crippen LogP contribution in [-0.4, -0.2) is 45.8 Å². The summed E-state index contributed by atoms with van der Waals surface area (Å²) < 4.78 is 27.1. The average Bonchev–Trinajstić information content (AvgIpc) is 3.48. The normalized spacial score (nSPS) is 14.7. The molecule has 0 saturated carbocycles. The summed E-state index contributed by atoms with van der Waals surface area (Å²) in [5.74, 6) is 0.545. The maximum Gasteiger partial charge on any atom is 0.219 e. The molecule has 1 aromatic carbocycles. The number of likely N-dealkylation sites (tertiary alicyclic amines) is 1. The number of ether oxygens (including phenoxy) is 1. The quantitative estimate of drug-likeness (QED) is 0.499. The number of aromatic nitrogens is 3. The molecule has 1 aliphatic heterocycles. The number of carbonyl (C=O) groups is 1. The predicted octanol–water partition coefficient (Wildman–Crippen LogP) is 4.27. The first-order valence-corrected chi connectivity index (χ1v) is 10.8. The van der Waals surface area contributed by atoms with E-state index in [-0.39, 0.29) is 23.5 Å². The molecule has 0 atom stereocenters. The lowest BCUT2D eigenvalue weighted by molar-refractivity contribution is -0.130. The van der Waals surface area contributed by atoms with Crippen LogP contribution in [0.25, 0.3) is 33.4 Å². The molecular weight excluding hydrogens is 425 g/mol. The van der Waals surface area contributed by atoms with Gasteiger partial charge in [-0.1, -0.05) is 0 Å². The monoisotopic (exact) mass is 449 g/mol. The van der Waals surface area contributed by atoms with E-state index in [0.29, 0.717) is 16.9 Å². The number of fused-ring (bicyclic) bond motifs is 1. The highest BCUT2D eigenvalue weighted by Crippen LogP contribution is 2.37. The van der Waals surface area contributed by atoms with E-state index in [1.807, 2.05) is 21.8 Å². The van der Waals surface area contributed by atoms with Crippen molar-refractivity contribution in [1.82, 2.24) is 19.7 Å². The van der Waals surface area contributed by atoms with Crippen LogP contribution in [0, 0.1) is 5.82 Å². The molecule has 0 unspecified atom stereocenters. The van der Waals surface area contributed by atoms with Crippen molar-refractivity contribution in [2.45, 2.75) is 25.8 Å². The molecule has 0 radical (unpaired) electrons. The lowest BCUT2D eigenvalue weighted by atomic mass is 10.0. The Bertz CT molecular complexity index is 1340. The number of methoxy groups -OCH3 is 1. The molecule has 0 aliphatic carbocycles. The number of amides is 1. The molecular formula is C24H24FN5O3. The van der Waals surface area contributed by atoms with Crippen molar-refractivity contribution in [3.8, 4) is 28.2 Å². The van der Waals surface area contributed by atoms with Gasteiger partial charge in [-0.2, -0.15) is 5.10 Å². The van der Waals surface area contributed by atoms with Gasteiger partial charge >= 0.3 is 0 Å². The van der Waals surface area contributed by atoms with Crippen LogP contribution in [0.15, 0.2) is 47.3 Å². The molecule has 170 valence electrons. The SMILES string of the molecule is COc1ccc(-c2cc3c(-c4cnn(C5CCN(C(C)=O)CC5)c4)cnc(N)c3o2)cc1F. The molecule has 1 fully saturated rings. The first-order valence-electron chi connectivity index (χ1n) is 10.8. The van der Waals surface area contributed by atoms with Crippen molar-refractivity contribution >= 4 is 22.7 Å². The van der Waals surface area contributed by atoms with Crippen LogP contribution in [0.2, 0.25) is 0 Å². The first kappa shape index (κ1) is 21.0. The smallest absolute Gasteiger partial charge is 0.219 e. The zero-order chi connectivity index (χ0) is 23.1. The second-order valence-electron chi connectivity index (χ2n) is 8.21. The van der Waals surface area contributed by atoms with Gasteiger partial charge in [0.2, 0.25) is 5.91 Å². The van der Waals surface area contributed by atoms with Crippen molar-refractivity contribution < 1.29 is 18.3 Å². The third-order valence-corrected chi connectivity index (χ3v) is 6.22. The number of carbonyl (C=O) groups excluding carboxylic acids is 1. The Hall–Kier alpha value is -3.88. The Balaban J connectivity index is 1.48. The van der Waals surface area contributed by atoms with Crippen LogP contribution in [0.3, 0.4) is 0 Å². The molecule has 5 rings (SSSR count). The fourth-order valence-corrected chi connectivity index (χ4v) is 4.36. The summed E-state index contributed by atoms with van der Waals surface area (Å²) in [6, 6.07) is 6.72. The number of piperidine rings is 1. The molecule has 4 heterocycles. The van der Waals surface area contributed by atoms with Crippen molar-refractivity contribution in [1.29, 1.82) is 0 Å². The van der Waals surface area contributed by atoms with Crippen LogP contribution >= 0.6 is 0 Å². The molecule has 3 aromatic heterocycles. The van der Waals surface area contributed by atoms with Crippen LogP contribution in [0.4, 0.5) is 10.2 Å². The van der Waals surface area contributed by atoms with Gasteiger partial charge in [-0.25, -0.2) is 9.37 Å². The number of pyridine rings is 1. The number of nitrogen functional groups attached to an aromatic ring is 1. The number of benzene rings is 1. The van der Waals surface area contributed by atoms with E-state index in [0.717, 1.165) is 42.4 Å². The number of nitrogens with two attached hydrogens (primary N) is 1. The molecule has 2 N–H and O–H groups in total.